The van der Waals surface area contributed by atoms with Gasteiger partial charge in [0.1, 0.15) is 6.04 Å². The molecule has 19 heavy (non-hydrogen) atoms. The summed E-state index contributed by atoms with van der Waals surface area (Å²) in [4.78, 5) is 36.7. The zero-order chi connectivity index (χ0) is 13.8. The fourth-order valence-corrected chi connectivity index (χ4v) is 2.25. The predicted molar refractivity (Wildman–Crippen MR) is 66.2 cm³/mol. The van der Waals surface area contributed by atoms with E-state index in [0.717, 1.165) is 0 Å². The Morgan fingerprint density at radius 3 is 2.74 bits per heavy atom. The van der Waals surface area contributed by atoms with Gasteiger partial charge < -0.3 is 10.1 Å². The highest BCUT2D eigenvalue weighted by molar-refractivity contribution is 6.01. The zero-order valence-corrected chi connectivity index (χ0v) is 11.0. The molecular formula is C12H19N3O4. The number of ether oxygens (including phenoxy) is 1. The van der Waals surface area contributed by atoms with Crippen molar-refractivity contribution in [3.8, 4) is 0 Å². The maximum atomic E-state index is 12.1. The van der Waals surface area contributed by atoms with E-state index in [9.17, 15) is 14.4 Å². The highest BCUT2D eigenvalue weighted by Crippen LogP contribution is 2.07. The molecule has 0 radical (unpaired) electrons. The molecule has 2 heterocycles. The largest absolute Gasteiger partial charge is 0.379 e. The number of nitrogens with one attached hydrogen (secondary N) is 2. The van der Waals surface area contributed by atoms with Gasteiger partial charge in [0.05, 0.1) is 19.3 Å². The van der Waals surface area contributed by atoms with Gasteiger partial charge in [-0.2, -0.15) is 0 Å². The van der Waals surface area contributed by atoms with Gasteiger partial charge in [-0.1, -0.05) is 0 Å². The number of carbonyl (C=O) groups is 3. The second-order valence-electron chi connectivity index (χ2n) is 4.84. The Bertz CT molecular complexity index is 379. The van der Waals surface area contributed by atoms with Crippen LogP contribution in [0.2, 0.25) is 0 Å². The third-order valence-electron chi connectivity index (χ3n) is 3.53. The fourth-order valence-electron chi connectivity index (χ4n) is 2.25. The number of hydrogen-bond donors (Lipinski definition) is 2. The van der Waals surface area contributed by atoms with Gasteiger partial charge in [-0.05, 0) is 13.3 Å². The lowest BCUT2D eigenvalue weighted by molar-refractivity contribution is -0.138. The Labute approximate surface area is 111 Å². The molecule has 2 rings (SSSR count). The Kier molecular flexibility index (Phi) is 4.49. The van der Waals surface area contributed by atoms with E-state index in [2.05, 4.69) is 10.6 Å². The van der Waals surface area contributed by atoms with Gasteiger partial charge in [0.25, 0.3) is 0 Å². The van der Waals surface area contributed by atoms with Crippen molar-refractivity contribution in [2.75, 3.05) is 26.3 Å². The highest BCUT2D eigenvalue weighted by Gasteiger charge is 2.30. The van der Waals surface area contributed by atoms with Crippen LogP contribution in [0, 0.1) is 0 Å². The minimum absolute atomic E-state index is 0.184. The molecule has 106 valence electrons. The first-order valence-corrected chi connectivity index (χ1v) is 6.54. The van der Waals surface area contributed by atoms with Crippen molar-refractivity contribution >= 4 is 17.7 Å². The molecule has 0 aliphatic carbocycles. The van der Waals surface area contributed by atoms with Crippen molar-refractivity contribution in [2.45, 2.75) is 31.8 Å². The molecule has 0 aromatic heterocycles. The Morgan fingerprint density at radius 2 is 2.11 bits per heavy atom. The third kappa shape index (κ3) is 3.51. The van der Waals surface area contributed by atoms with E-state index in [4.69, 9.17) is 4.74 Å². The molecule has 0 aromatic carbocycles. The van der Waals surface area contributed by atoms with Crippen molar-refractivity contribution in [3.63, 3.8) is 0 Å². The standard InChI is InChI=1S/C12H19N3O4/c1-8(15-4-6-19-7-5-15)11(17)13-9-2-3-10(16)14-12(9)18/h8-9H,2-7H2,1H3,(H,13,17)(H,14,16,18). The zero-order valence-electron chi connectivity index (χ0n) is 11.0. The van der Waals surface area contributed by atoms with Crippen molar-refractivity contribution in [2.24, 2.45) is 0 Å². The van der Waals surface area contributed by atoms with Gasteiger partial charge in [0, 0.05) is 19.5 Å². The molecule has 2 aliphatic heterocycles. The van der Waals surface area contributed by atoms with E-state index in [1.165, 1.54) is 0 Å². The summed E-state index contributed by atoms with van der Waals surface area (Å²) in [6, 6.07) is -0.900. The first-order valence-electron chi connectivity index (χ1n) is 6.54. The van der Waals surface area contributed by atoms with E-state index < -0.39 is 11.9 Å². The van der Waals surface area contributed by atoms with Crippen molar-refractivity contribution < 1.29 is 19.1 Å². The SMILES string of the molecule is CC(C(=O)NC1CCC(=O)NC1=O)N1CCOCC1. The second-order valence-corrected chi connectivity index (χ2v) is 4.84. The van der Waals surface area contributed by atoms with Gasteiger partial charge in [0.2, 0.25) is 17.7 Å². The van der Waals surface area contributed by atoms with Crippen LogP contribution in [0.3, 0.4) is 0 Å². The Hall–Kier alpha value is -1.47. The van der Waals surface area contributed by atoms with Gasteiger partial charge >= 0.3 is 0 Å². The second kappa shape index (κ2) is 6.12. The smallest absolute Gasteiger partial charge is 0.249 e. The van der Waals surface area contributed by atoms with Crippen LogP contribution in [0.25, 0.3) is 0 Å². The fraction of sp³-hybridized carbons (Fsp3) is 0.750. The lowest BCUT2D eigenvalue weighted by Crippen LogP contribution is -2.57. The maximum absolute atomic E-state index is 12.1. The van der Waals surface area contributed by atoms with Gasteiger partial charge in [-0.15, -0.1) is 0 Å². The van der Waals surface area contributed by atoms with Crippen molar-refractivity contribution in [1.29, 1.82) is 0 Å². The number of imide groups is 1. The van der Waals surface area contributed by atoms with Crippen LogP contribution in [-0.2, 0) is 19.1 Å². The summed E-state index contributed by atoms with van der Waals surface area (Å²) < 4.78 is 5.23. The molecule has 2 fully saturated rings. The van der Waals surface area contributed by atoms with E-state index in [-0.39, 0.29) is 24.3 Å². The molecule has 0 saturated carbocycles. The number of rotatable bonds is 3. The number of nitrogens with zero attached hydrogens (tertiary/aromatic N) is 1. The quantitative estimate of drug-likeness (QED) is 0.617. The lowest BCUT2D eigenvalue weighted by atomic mass is 10.1. The number of carbonyl (C=O) groups excluding carboxylic acids is 3. The monoisotopic (exact) mass is 269 g/mol. The lowest BCUT2D eigenvalue weighted by Gasteiger charge is -2.32. The summed E-state index contributed by atoms with van der Waals surface area (Å²) in [5.41, 5.74) is 0. The Morgan fingerprint density at radius 1 is 1.42 bits per heavy atom. The molecule has 7 heteroatoms. The van der Waals surface area contributed by atoms with Crippen LogP contribution in [0.5, 0.6) is 0 Å². The van der Waals surface area contributed by atoms with Gasteiger partial charge in [0.15, 0.2) is 0 Å². The summed E-state index contributed by atoms with van der Waals surface area (Å²) in [6.07, 6.45) is 0.634. The number of piperidine rings is 1. The number of morpholine rings is 1. The molecule has 2 saturated heterocycles. The predicted octanol–water partition coefficient (Wildman–Crippen LogP) is -1.37. The maximum Gasteiger partial charge on any atom is 0.249 e. The summed E-state index contributed by atoms with van der Waals surface area (Å²) in [5, 5.41) is 4.93. The summed E-state index contributed by atoms with van der Waals surface area (Å²) in [7, 11) is 0. The summed E-state index contributed by atoms with van der Waals surface area (Å²) in [5.74, 6) is -0.882. The van der Waals surface area contributed by atoms with Crippen LogP contribution in [0.1, 0.15) is 19.8 Å². The topological polar surface area (TPSA) is 87.7 Å². The van der Waals surface area contributed by atoms with Crippen molar-refractivity contribution in [3.05, 3.63) is 0 Å². The Balaban J connectivity index is 1.85. The molecule has 0 bridgehead atoms. The number of amides is 3. The van der Waals surface area contributed by atoms with Crippen molar-refractivity contribution in [1.82, 2.24) is 15.5 Å². The minimum Gasteiger partial charge on any atom is -0.379 e. The first kappa shape index (κ1) is 14.0. The van der Waals surface area contributed by atoms with Crippen LogP contribution < -0.4 is 10.6 Å². The third-order valence-corrected chi connectivity index (χ3v) is 3.53. The van der Waals surface area contributed by atoms with E-state index in [1.807, 2.05) is 11.8 Å². The average molecular weight is 269 g/mol. The van der Waals surface area contributed by atoms with Crippen LogP contribution in [-0.4, -0.2) is 61.0 Å². The van der Waals surface area contributed by atoms with Crippen LogP contribution in [0.15, 0.2) is 0 Å². The molecule has 2 atom stereocenters. The molecule has 3 amide bonds. The van der Waals surface area contributed by atoms with E-state index in [0.29, 0.717) is 32.7 Å². The van der Waals surface area contributed by atoms with Gasteiger partial charge in [-0.25, -0.2) is 0 Å². The van der Waals surface area contributed by atoms with Crippen LogP contribution in [0.4, 0.5) is 0 Å². The van der Waals surface area contributed by atoms with Crippen LogP contribution >= 0.6 is 0 Å². The highest BCUT2D eigenvalue weighted by atomic mass is 16.5. The van der Waals surface area contributed by atoms with Gasteiger partial charge in [-0.3, -0.25) is 24.6 Å². The number of hydrogen-bond acceptors (Lipinski definition) is 5. The molecule has 0 aromatic rings. The molecular weight excluding hydrogens is 250 g/mol. The van der Waals surface area contributed by atoms with E-state index >= 15 is 0 Å². The molecule has 2 N–H and O–H groups in total. The molecule has 2 unspecified atom stereocenters. The molecule has 7 nitrogen and oxygen atoms in total. The summed E-state index contributed by atoms with van der Waals surface area (Å²) in [6.45, 7) is 4.48. The van der Waals surface area contributed by atoms with E-state index in [1.54, 1.807) is 0 Å². The summed E-state index contributed by atoms with van der Waals surface area (Å²) >= 11 is 0. The average Bonchev–Trinajstić information content (AvgIpc) is 2.42. The first-order chi connectivity index (χ1) is 9.08. The normalized spacial score (nSPS) is 26.7. The molecule has 0 spiro atoms. The minimum atomic E-state index is -0.603. The molecule has 2 aliphatic rings.